The number of rotatable bonds is 5. The van der Waals surface area contributed by atoms with Gasteiger partial charge in [-0.25, -0.2) is 0 Å². The summed E-state index contributed by atoms with van der Waals surface area (Å²) in [6.45, 7) is 6.54. The van der Waals surface area contributed by atoms with E-state index in [2.05, 4.69) is 56.2 Å². The normalized spacial score (nSPS) is 12.9. The van der Waals surface area contributed by atoms with E-state index >= 15 is 0 Å². The van der Waals surface area contributed by atoms with Crippen LogP contribution < -0.4 is 5.73 Å². The average Bonchev–Trinajstić information content (AvgIpc) is 2.80. The Morgan fingerprint density at radius 1 is 1.20 bits per heavy atom. The van der Waals surface area contributed by atoms with Gasteiger partial charge in [-0.05, 0) is 36.0 Å². The Kier molecular flexibility index (Phi) is 4.61. The summed E-state index contributed by atoms with van der Waals surface area (Å²) in [6, 6.07) is 10.9. The Balaban J connectivity index is 2.10. The van der Waals surface area contributed by atoms with Gasteiger partial charge in [-0.2, -0.15) is 5.10 Å². The van der Waals surface area contributed by atoms with Gasteiger partial charge in [0.2, 0.25) is 0 Å². The molecular weight excluding hydrogens is 246 g/mol. The molecule has 2 rings (SSSR count). The van der Waals surface area contributed by atoms with Gasteiger partial charge < -0.3 is 5.73 Å². The predicted octanol–water partition coefficient (Wildman–Crippen LogP) is 3.35. The third-order valence-corrected chi connectivity index (χ3v) is 3.81. The maximum absolute atomic E-state index is 6.33. The van der Waals surface area contributed by atoms with Crippen LogP contribution >= 0.6 is 0 Å². The molecule has 0 bridgehead atoms. The van der Waals surface area contributed by atoms with Crippen LogP contribution in [-0.4, -0.2) is 9.78 Å². The molecule has 0 fully saturated rings. The molecule has 1 heterocycles. The SMILES string of the molecule is CCc1cc(C(N)Cc2ccc(C(C)C)cc2)n(C)n1. The van der Waals surface area contributed by atoms with Crippen LogP contribution in [0.25, 0.3) is 0 Å². The number of aryl methyl sites for hydroxylation is 2. The third kappa shape index (κ3) is 3.28. The van der Waals surface area contributed by atoms with Crippen LogP contribution in [0, 0.1) is 0 Å². The molecule has 0 saturated heterocycles. The average molecular weight is 271 g/mol. The largest absolute Gasteiger partial charge is 0.322 e. The van der Waals surface area contributed by atoms with E-state index in [1.165, 1.54) is 11.1 Å². The Hall–Kier alpha value is -1.61. The second-order valence-corrected chi connectivity index (χ2v) is 5.74. The Morgan fingerprint density at radius 3 is 2.35 bits per heavy atom. The molecule has 1 unspecified atom stereocenters. The lowest BCUT2D eigenvalue weighted by atomic mass is 9.98. The first kappa shape index (κ1) is 14.8. The van der Waals surface area contributed by atoms with Crippen molar-refractivity contribution >= 4 is 0 Å². The van der Waals surface area contributed by atoms with Crippen molar-refractivity contribution in [3.8, 4) is 0 Å². The fourth-order valence-electron chi connectivity index (χ4n) is 2.46. The minimum absolute atomic E-state index is 0.00213. The zero-order chi connectivity index (χ0) is 14.7. The molecule has 0 aliphatic heterocycles. The molecule has 1 aromatic heterocycles. The molecule has 2 aromatic rings. The van der Waals surface area contributed by atoms with Crippen molar-refractivity contribution in [1.82, 2.24) is 9.78 Å². The van der Waals surface area contributed by atoms with Crippen LogP contribution in [0.5, 0.6) is 0 Å². The molecular formula is C17H25N3. The monoisotopic (exact) mass is 271 g/mol. The zero-order valence-corrected chi connectivity index (χ0v) is 12.9. The Bertz CT molecular complexity index is 552. The van der Waals surface area contributed by atoms with Gasteiger partial charge in [-0.1, -0.05) is 45.0 Å². The molecule has 0 amide bonds. The van der Waals surface area contributed by atoms with Gasteiger partial charge in [0.05, 0.1) is 17.4 Å². The number of aromatic nitrogens is 2. The number of hydrogen-bond donors (Lipinski definition) is 1. The van der Waals surface area contributed by atoms with Crippen LogP contribution in [0.2, 0.25) is 0 Å². The van der Waals surface area contributed by atoms with E-state index in [-0.39, 0.29) is 6.04 Å². The van der Waals surface area contributed by atoms with E-state index in [0.29, 0.717) is 5.92 Å². The van der Waals surface area contributed by atoms with E-state index in [1.54, 1.807) is 0 Å². The summed E-state index contributed by atoms with van der Waals surface area (Å²) in [5.41, 5.74) is 11.2. The highest BCUT2D eigenvalue weighted by atomic mass is 15.3. The maximum Gasteiger partial charge on any atom is 0.0625 e. The lowest BCUT2D eigenvalue weighted by Crippen LogP contribution is -2.17. The molecule has 108 valence electrons. The fourth-order valence-corrected chi connectivity index (χ4v) is 2.46. The summed E-state index contributed by atoms with van der Waals surface area (Å²) in [5.74, 6) is 0.571. The number of nitrogens with zero attached hydrogens (tertiary/aromatic N) is 2. The summed E-state index contributed by atoms with van der Waals surface area (Å²) in [5, 5.41) is 4.47. The summed E-state index contributed by atoms with van der Waals surface area (Å²) < 4.78 is 1.91. The molecule has 3 nitrogen and oxygen atoms in total. The first-order valence-electron chi connectivity index (χ1n) is 7.38. The van der Waals surface area contributed by atoms with Gasteiger partial charge in [-0.15, -0.1) is 0 Å². The maximum atomic E-state index is 6.33. The second-order valence-electron chi connectivity index (χ2n) is 5.74. The molecule has 0 spiro atoms. The Labute approximate surface area is 121 Å². The zero-order valence-electron chi connectivity index (χ0n) is 12.9. The van der Waals surface area contributed by atoms with E-state index in [4.69, 9.17) is 5.73 Å². The van der Waals surface area contributed by atoms with Crippen molar-refractivity contribution < 1.29 is 0 Å². The first-order chi connectivity index (χ1) is 9.51. The van der Waals surface area contributed by atoms with Crippen LogP contribution in [-0.2, 0) is 19.9 Å². The van der Waals surface area contributed by atoms with Crippen molar-refractivity contribution in [3.63, 3.8) is 0 Å². The second kappa shape index (κ2) is 6.23. The summed E-state index contributed by atoms with van der Waals surface area (Å²) in [7, 11) is 1.97. The van der Waals surface area contributed by atoms with E-state index in [9.17, 15) is 0 Å². The van der Waals surface area contributed by atoms with Gasteiger partial charge in [-0.3, -0.25) is 4.68 Å². The van der Waals surface area contributed by atoms with Crippen LogP contribution in [0.1, 0.15) is 55.2 Å². The molecule has 20 heavy (non-hydrogen) atoms. The summed E-state index contributed by atoms with van der Waals surface area (Å²) in [6.07, 6.45) is 1.80. The molecule has 0 aliphatic rings. The molecule has 3 heteroatoms. The third-order valence-electron chi connectivity index (χ3n) is 3.81. The first-order valence-corrected chi connectivity index (χ1v) is 7.38. The molecule has 1 atom stereocenters. The van der Waals surface area contributed by atoms with Gasteiger partial charge >= 0.3 is 0 Å². The number of benzene rings is 1. The minimum Gasteiger partial charge on any atom is -0.322 e. The van der Waals surface area contributed by atoms with Crippen molar-refractivity contribution in [2.45, 2.75) is 45.6 Å². The van der Waals surface area contributed by atoms with E-state index in [1.807, 2.05) is 11.7 Å². The summed E-state index contributed by atoms with van der Waals surface area (Å²) in [4.78, 5) is 0. The van der Waals surface area contributed by atoms with E-state index < -0.39 is 0 Å². The lowest BCUT2D eigenvalue weighted by molar-refractivity contribution is 0.614. The van der Waals surface area contributed by atoms with Crippen LogP contribution in [0.4, 0.5) is 0 Å². The molecule has 0 saturated carbocycles. The van der Waals surface area contributed by atoms with E-state index in [0.717, 1.165) is 24.2 Å². The standard InChI is InChI=1S/C17H25N3/c1-5-15-11-17(20(4)19-15)16(18)10-13-6-8-14(9-7-13)12(2)3/h6-9,11-12,16H,5,10,18H2,1-4H3. The van der Waals surface area contributed by atoms with Gasteiger partial charge in [0.25, 0.3) is 0 Å². The van der Waals surface area contributed by atoms with Crippen molar-refractivity contribution in [2.75, 3.05) is 0 Å². The molecule has 2 N–H and O–H groups in total. The predicted molar refractivity (Wildman–Crippen MR) is 83.7 cm³/mol. The highest BCUT2D eigenvalue weighted by molar-refractivity contribution is 5.26. The fraction of sp³-hybridized carbons (Fsp3) is 0.471. The molecule has 0 radical (unpaired) electrons. The number of hydrogen-bond acceptors (Lipinski definition) is 2. The lowest BCUT2D eigenvalue weighted by Gasteiger charge is -2.13. The smallest absolute Gasteiger partial charge is 0.0625 e. The van der Waals surface area contributed by atoms with Crippen molar-refractivity contribution in [1.29, 1.82) is 0 Å². The number of nitrogens with two attached hydrogens (primary N) is 1. The highest BCUT2D eigenvalue weighted by Crippen LogP contribution is 2.19. The molecule has 1 aromatic carbocycles. The highest BCUT2D eigenvalue weighted by Gasteiger charge is 2.13. The minimum atomic E-state index is -0.00213. The Morgan fingerprint density at radius 2 is 1.85 bits per heavy atom. The van der Waals surface area contributed by atoms with Gasteiger partial charge in [0.1, 0.15) is 0 Å². The van der Waals surface area contributed by atoms with Gasteiger partial charge in [0.15, 0.2) is 0 Å². The topological polar surface area (TPSA) is 43.8 Å². The van der Waals surface area contributed by atoms with Gasteiger partial charge in [0, 0.05) is 7.05 Å². The molecule has 0 aliphatic carbocycles. The summed E-state index contributed by atoms with van der Waals surface area (Å²) >= 11 is 0. The van der Waals surface area contributed by atoms with Crippen molar-refractivity contribution in [2.24, 2.45) is 12.8 Å². The van der Waals surface area contributed by atoms with Crippen molar-refractivity contribution in [3.05, 3.63) is 52.8 Å². The van der Waals surface area contributed by atoms with Crippen LogP contribution in [0.3, 0.4) is 0 Å². The van der Waals surface area contributed by atoms with Crippen LogP contribution in [0.15, 0.2) is 30.3 Å². The quantitative estimate of drug-likeness (QED) is 0.906.